The number of carboxylic acids is 1. The number of carboxylic acid groups (broad SMARTS) is 1. The van der Waals surface area contributed by atoms with Gasteiger partial charge in [-0.1, -0.05) is 26.0 Å². The summed E-state index contributed by atoms with van der Waals surface area (Å²) in [6.07, 6.45) is 1.54. The van der Waals surface area contributed by atoms with Crippen LogP contribution in [0.5, 0.6) is 0 Å². The van der Waals surface area contributed by atoms with Gasteiger partial charge < -0.3 is 10.2 Å². The van der Waals surface area contributed by atoms with Crippen LogP contribution in [0.4, 0.5) is 0 Å². The molecule has 0 saturated carbocycles. The lowest BCUT2D eigenvalue weighted by Crippen LogP contribution is -2.29. The summed E-state index contributed by atoms with van der Waals surface area (Å²) in [5, 5.41) is 18.8. The lowest BCUT2D eigenvalue weighted by Gasteiger charge is -2.24. The van der Waals surface area contributed by atoms with E-state index in [1.165, 1.54) is 0 Å². The first-order valence-corrected chi connectivity index (χ1v) is 7.13. The molecule has 4 heteroatoms. The molecule has 0 atom stereocenters. The minimum atomic E-state index is -0.818. The summed E-state index contributed by atoms with van der Waals surface area (Å²) in [7, 11) is 0. The molecule has 100 valence electrons. The van der Waals surface area contributed by atoms with E-state index in [9.17, 15) is 9.90 Å². The molecule has 1 aromatic carbocycles. The Balaban J connectivity index is 2.56. The van der Waals surface area contributed by atoms with Gasteiger partial charge in [0.25, 0.3) is 0 Å². The van der Waals surface area contributed by atoms with Crippen LogP contribution in [-0.4, -0.2) is 27.5 Å². The Hall–Kier alpha value is -1.00. The van der Waals surface area contributed by atoms with Crippen LogP contribution in [0.1, 0.15) is 32.3 Å². The molecular formula is C14H20O3S. The van der Waals surface area contributed by atoms with Gasteiger partial charge in [0.05, 0.1) is 12.0 Å². The molecule has 0 heterocycles. The Morgan fingerprint density at radius 2 is 1.78 bits per heavy atom. The smallest absolute Gasteiger partial charge is 0.307 e. The van der Waals surface area contributed by atoms with Crippen LogP contribution >= 0.6 is 11.8 Å². The molecule has 18 heavy (non-hydrogen) atoms. The zero-order chi connectivity index (χ0) is 13.6. The van der Waals surface area contributed by atoms with Gasteiger partial charge in [0.1, 0.15) is 0 Å². The van der Waals surface area contributed by atoms with E-state index in [0.29, 0.717) is 5.75 Å². The molecule has 0 aromatic heterocycles. The maximum atomic E-state index is 10.6. The Kier molecular flexibility index (Phi) is 5.69. The van der Waals surface area contributed by atoms with E-state index in [1.807, 2.05) is 38.1 Å². The first kappa shape index (κ1) is 15.1. The quantitative estimate of drug-likeness (QED) is 0.746. The first-order valence-electron chi connectivity index (χ1n) is 6.15. The molecule has 0 amide bonds. The van der Waals surface area contributed by atoms with Crippen molar-refractivity contribution in [2.75, 3.05) is 5.75 Å². The van der Waals surface area contributed by atoms with Gasteiger partial charge in [0, 0.05) is 10.6 Å². The molecule has 0 unspecified atom stereocenters. The van der Waals surface area contributed by atoms with Crippen molar-refractivity contribution >= 4 is 17.7 Å². The highest BCUT2D eigenvalue weighted by Crippen LogP contribution is 2.26. The van der Waals surface area contributed by atoms with Crippen LogP contribution in [0.15, 0.2) is 29.2 Å². The van der Waals surface area contributed by atoms with Gasteiger partial charge in [-0.05, 0) is 30.5 Å². The largest absolute Gasteiger partial charge is 0.481 e. The number of aliphatic carboxylic acids is 1. The van der Waals surface area contributed by atoms with E-state index in [0.717, 1.165) is 23.3 Å². The predicted octanol–water partition coefficient (Wildman–Crippen LogP) is 2.96. The molecule has 0 spiro atoms. The monoisotopic (exact) mass is 268 g/mol. The van der Waals surface area contributed by atoms with Gasteiger partial charge in [-0.15, -0.1) is 11.8 Å². The summed E-state index contributed by atoms with van der Waals surface area (Å²) in [4.78, 5) is 11.6. The molecular weight excluding hydrogens is 248 g/mol. The van der Waals surface area contributed by atoms with Gasteiger partial charge >= 0.3 is 5.97 Å². The van der Waals surface area contributed by atoms with Crippen molar-refractivity contribution < 1.29 is 15.0 Å². The highest BCUT2D eigenvalue weighted by atomic mass is 32.2. The molecule has 0 aliphatic rings. The molecule has 2 N–H and O–H groups in total. The molecule has 0 aliphatic heterocycles. The Morgan fingerprint density at radius 1 is 1.22 bits per heavy atom. The van der Waals surface area contributed by atoms with Gasteiger partial charge in [-0.3, -0.25) is 4.79 Å². The highest BCUT2D eigenvalue weighted by Gasteiger charge is 2.21. The fraction of sp³-hybridized carbons (Fsp3) is 0.500. The van der Waals surface area contributed by atoms with Crippen molar-refractivity contribution in [3.05, 3.63) is 29.8 Å². The van der Waals surface area contributed by atoms with Crippen LogP contribution < -0.4 is 0 Å². The first-order chi connectivity index (χ1) is 8.49. The van der Waals surface area contributed by atoms with Gasteiger partial charge in [0.2, 0.25) is 0 Å². The van der Waals surface area contributed by atoms with Gasteiger partial charge in [0.15, 0.2) is 0 Å². The molecule has 0 radical (unpaired) electrons. The third kappa shape index (κ3) is 4.70. The topological polar surface area (TPSA) is 57.5 Å². The van der Waals surface area contributed by atoms with Crippen LogP contribution in [0, 0.1) is 0 Å². The standard InChI is InChI=1S/C14H20O3S/c1-3-14(17,4-2)10-18-12-7-5-11(6-8-12)9-13(15)16/h5-8,17H,3-4,9-10H2,1-2H3,(H,15,16). The predicted molar refractivity (Wildman–Crippen MR) is 74.0 cm³/mol. The summed E-state index contributed by atoms with van der Waals surface area (Å²) in [6, 6.07) is 7.48. The summed E-state index contributed by atoms with van der Waals surface area (Å²) in [5.41, 5.74) is 0.192. The molecule has 0 aliphatic carbocycles. The second kappa shape index (κ2) is 6.81. The normalized spacial score (nSPS) is 11.5. The Morgan fingerprint density at radius 3 is 2.22 bits per heavy atom. The average molecular weight is 268 g/mol. The summed E-state index contributed by atoms with van der Waals surface area (Å²) in [5.74, 6) is -0.153. The SMILES string of the molecule is CCC(O)(CC)CSc1ccc(CC(=O)O)cc1. The van der Waals surface area contributed by atoms with Crippen molar-refractivity contribution in [3.63, 3.8) is 0 Å². The summed E-state index contributed by atoms with van der Waals surface area (Å²) < 4.78 is 0. The van der Waals surface area contributed by atoms with Gasteiger partial charge in [-0.25, -0.2) is 0 Å². The lowest BCUT2D eigenvalue weighted by molar-refractivity contribution is -0.136. The minimum absolute atomic E-state index is 0.0544. The second-order valence-corrected chi connectivity index (χ2v) is 5.48. The van der Waals surface area contributed by atoms with Crippen molar-refractivity contribution in [1.29, 1.82) is 0 Å². The summed E-state index contributed by atoms with van der Waals surface area (Å²) in [6.45, 7) is 3.97. The van der Waals surface area contributed by atoms with E-state index in [1.54, 1.807) is 11.8 Å². The van der Waals surface area contributed by atoms with Crippen LogP contribution in [0.3, 0.4) is 0 Å². The van der Waals surface area contributed by atoms with Crippen LogP contribution in [0.2, 0.25) is 0 Å². The van der Waals surface area contributed by atoms with E-state index in [4.69, 9.17) is 5.11 Å². The number of benzene rings is 1. The zero-order valence-corrected chi connectivity index (χ0v) is 11.7. The van der Waals surface area contributed by atoms with Crippen LogP contribution in [0.25, 0.3) is 0 Å². The molecule has 3 nitrogen and oxygen atoms in total. The Labute approximate surface area is 112 Å². The minimum Gasteiger partial charge on any atom is -0.481 e. The molecule has 0 fully saturated rings. The van der Waals surface area contributed by atoms with Gasteiger partial charge in [-0.2, -0.15) is 0 Å². The number of thioether (sulfide) groups is 1. The molecule has 0 saturated heterocycles. The van der Waals surface area contributed by atoms with Crippen molar-refractivity contribution in [2.24, 2.45) is 0 Å². The van der Waals surface area contributed by atoms with Crippen molar-refractivity contribution in [2.45, 2.75) is 43.6 Å². The third-order valence-electron chi connectivity index (χ3n) is 3.10. The van der Waals surface area contributed by atoms with Crippen LogP contribution in [-0.2, 0) is 11.2 Å². The second-order valence-electron chi connectivity index (χ2n) is 4.43. The fourth-order valence-electron chi connectivity index (χ4n) is 1.55. The average Bonchev–Trinajstić information content (AvgIpc) is 2.37. The van der Waals surface area contributed by atoms with E-state index < -0.39 is 11.6 Å². The molecule has 0 bridgehead atoms. The number of hydrogen-bond acceptors (Lipinski definition) is 3. The lowest BCUT2D eigenvalue weighted by atomic mass is 10.0. The third-order valence-corrected chi connectivity index (χ3v) is 4.39. The molecule has 1 aromatic rings. The number of hydrogen-bond donors (Lipinski definition) is 2. The zero-order valence-electron chi connectivity index (χ0n) is 10.8. The molecule has 1 rings (SSSR count). The fourth-order valence-corrected chi connectivity index (χ4v) is 2.72. The summed E-state index contributed by atoms with van der Waals surface area (Å²) >= 11 is 1.61. The number of rotatable bonds is 7. The maximum Gasteiger partial charge on any atom is 0.307 e. The van der Waals surface area contributed by atoms with Crippen molar-refractivity contribution in [3.8, 4) is 0 Å². The highest BCUT2D eigenvalue weighted by molar-refractivity contribution is 7.99. The Bertz CT molecular complexity index is 383. The van der Waals surface area contributed by atoms with E-state index in [-0.39, 0.29) is 6.42 Å². The number of carbonyl (C=O) groups is 1. The van der Waals surface area contributed by atoms with E-state index in [2.05, 4.69) is 0 Å². The number of aliphatic hydroxyl groups is 1. The maximum absolute atomic E-state index is 10.6. The van der Waals surface area contributed by atoms with E-state index >= 15 is 0 Å². The van der Waals surface area contributed by atoms with Crippen molar-refractivity contribution in [1.82, 2.24) is 0 Å².